The fourth-order valence-corrected chi connectivity index (χ4v) is 0.812. The minimum absolute atomic E-state index is 0.0106. The maximum Gasteiger partial charge on any atom is 0.211 e. The number of rotatable bonds is 2. The van der Waals surface area contributed by atoms with Gasteiger partial charge in [0.25, 0.3) is 0 Å². The highest BCUT2D eigenvalue weighted by Crippen LogP contribution is 2.12. The number of benzene rings is 1. The zero-order valence-electron chi connectivity index (χ0n) is 7.42. The van der Waals surface area contributed by atoms with E-state index in [1.165, 1.54) is 0 Å². The van der Waals surface area contributed by atoms with Crippen molar-refractivity contribution in [2.75, 3.05) is 0 Å². The van der Waals surface area contributed by atoms with Crippen LogP contribution >= 0.6 is 0 Å². The van der Waals surface area contributed by atoms with Gasteiger partial charge in [-0.05, 0) is 12.1 Å². The number of hydrogen-bond acceptors (Lipinski definition) is 2. The van der Waals surface area contributed by atoms with Gasteiger partial charge in [0, 0.05) is 5.56 Å². The second-order valence-electron chi connectivity index (χ2n) is 2.57. The molecule has 0 amide bonds. The van der Waals surface area contributed by atoms with Crippen LogP contribution in [-0.4, -0.2) is 12.2 Å². The molecule has 4 nitrogen and oxygen atoms in total. The monoisotopic (exact) mass is 216 g/mol. The molecule has 7 heteroatoms. The highest BCUT2D eigenvalue weighted by Gasteiger charge is 2.08. The summed E-state index contributed by atoms with van der Waals surface area (Å²) in [6.45, 7) is 0. The average Bonchev–Trinajstić information content (AvgIpc) is 2.13. The average molecular weight is 216 g/mol. The smallest absolute Gasteiger partial charge is 0.211 e. The minimum atomic E-state index is -1.53. The molecule has 0 fully saturated rings. The van der Waals surface area contributed by atoms with E-state index < -0.39 is 17.5 Å². The SMILES string of the molecule is NC(N)=NN=Cc1cc(F)c(F)c(F)c1. The highest BCUT2D eigenvalue weighted by atomic mass is 19.2. The molecule has 0 heterocycles. The lowest BCUT2D eigenvalue weighted by Crippen LogP contribution is -2.21. The molecule has 0 atom stereocenters. The number of hydrogen-bond donors (Lipinski definition) is 2. The van der Waals surface area contributed by atoms with Crippen molar-refractivity contribution in [1.29, 1.82) is 0 Å². The molecule has 0 bridgehead atoms. The summed E-state index contributed by atoms with van der Waals surface area (Å²) in [5.74, 6) is -4.44. The Hall–Kier alpha value is -2.05. The van der Waals surface area contributed by atoms with Crippen molar-refractivity contribution < 1.29 is 13.2 Å². The molecule has 0 saturated heterocycles. The third-order valence-electron chi connectivity index (χ3n) is 1.39. The predicted octanol–water partition coefficient (Wildman–Crippen LogP) is 0.711. The van der Waals surface area contributed by atoms with Crippen molar-refractivity contribution in [2.24, 2.45) is 21.7 Å². The summed E-state index contributed by atoms with van der Waals surface area (Å²) in [7, 11) is 0. The van der Waals surface area contributed by atoms with Crippen LogP contribution in [0.1, 0.15) is 5.56 Å². The molecule has 0 aromatic heterocycles. The molecule has 0 aliphatic rings. The molecule has 0 saturated carbocycles. The molecular weight excluding hydrogens is 209 g/mol. The summed E-state index contributed by atoms with van der Waals surface area (Å²) >= 11 is 0. The van der Waals surface area contributed by atoms with Crippen molar-refractivity contribution in [3.8, 4) is 0 Å². The van der Waals surface area contributed by atoms with Crippen molar-refractivity contribution in [1.82, 2.24) is 0 Å². The first kappa shape index (κ1) is 11.0. The molecule has 1 rings (SSSR count). The zero-order valence-corrected chi connectivity index (χ0v) is 7.42. The van der Waals surface area contributed by atoms with Crippen molar-refractivity contribution in [3.05, 3.63) is 35.1 Å². The summed E-state index contributed by atoms with van der Waals surface area (Å²) in [6, 6.07) is 1.54. The first-order valence-corrected chi connectivity index (χ1v) is 3.77. The standard InChI is InChI=1S/C8H7F3N4/c9-5-1-4(2-6(10)7(5)11)3-14-15-8(12)13/h1-3H,(H4,12,13,15). The van der Waals surface area contributed by atoms with Gasteiger partial charge in [-0.15, -0.1) is 5.10 Å². The zero-order chi connectivity index (χ0) is 11.4. The Morgan fingerprint density at radius 3 is 2.13 bits per heavy atom. The van der Waals surface area contributed by atoms with Crippen molar-refractivity contribution in [3.63, 3.8) is 0 Å². The van der Waals surface area contributed by atoms with Gasteiger partial charge in [0.05, 0.1) is 6.21 Å². The quantitative estimate of drug-likeness (QED) is 0.330. The van der Waals surface area contributed by atoms with E-state index in [0.717, 1.165) is 18.3 Å². The summed E-state index contributed by atoms with van der Waals surface area (Å²) in [6.07, 6.45) is 0.991. The van der Waals surface area contributed by atoms with E-state index in [2.05, 4.69) is 10.2 Å². The molecule has 0 aliphatic carbocycles. The Bertz CT molecular complexity index is 401. The van der Waals surface area contributed by atoms with E-state index in [4.69, 9.17) is 11.5 Å². The number of nitrogens with zero attached hydrogens (tertiary/aromatic N) is 2. The first-order chi connectivity index (χ1) is 7.00. The number of halogens is 3. The van der Waals surface area contributed by atoms with Gasteiger partial charge in [0.2, 0.25) is 5.96 Å². The molecule has 0 spiro atoms. The van der Waals surface area contributed by atoms with Crippen LogP contribution < -0.4 is 11.5 Å². The van der Waals surface area contributed by atoms with Crippen molar-refractivity contribution in [2.45, 2.75) is 0 Å². The summed E-state index contributed by atoms with van der Waals surface area (Å²) in [4.78, 5) is 0. The van der Waals surface area contributed by atoms with Gasteiger partial charge in [-0.25, -0.2) is 13.2 Å². The van der Waals surface area contributed by atoms with Crippen LogP contribution in [0.2, 0.25) is 0 Å². The lowest BCUT2D eigenvalue weighted by molar-refractivity contribution is 0.447. The molecule has 1 aromatic rings. The summed E-state index contributed by atoms with van der Waals surface area (Å²) < 4.78 is 37.8. The fourth-order valence-electron chi connectivity index (χ4n) is 0.812. The van der Waals surface area contributed by atoms with Crippen molar-refractivity contribution >= 4 is 12.2 Å². The lowest BCUT2D eigenvalue weighted by Gasteiger charge is -1.96. The number of nitrogens with two attached hydrogens (primary N) is 2. The Morgan fingerprint density at radius 1 is 1.13 bits per heavy atom. The van der Waals surface area contributed by atoms with Crippen LogP contribution in [-0.2, 0) is 0 Å². The third kappa shape index (κ3) is 2.97. The molecule has 0 radical (unpaired) electrons. The molecule has 15 heavy (non-hydrogen) atoms. The van der Waals surface area contributed by atoms with E-state index in [9.17, 15) is 13.2 Å². The first-order valence-electron chi connectivity index (χ1n) is 3.77. The van der Waals surface area contributed by atoms with E-state index in [1.807, 2.05) is 0 Å². The molecule has 1 aromatic carbocycles. The third-order valence-corrected chi connectivity index (χ3v) is 1.39. The van der Waals surface area contributed by atoms with Gasteiger partial charge in [-0.2, -0.15) is 5.10 Å². The topological polar surface area (TPSA) is 76.8 Å². The molecule has 0 aliphatic heterocycles. The maximum absolute atomic E-state index is 12.7. The largest absolute Gasteiger partial charge is 0.369 e. The van der Waals surface area contributed by atoms with E-state index in [-0.39, 0.29) is 11.5 Å². The van der Waals surface area contributed by atoms with Crippen LogP contribution in [0.3, 0.4) is 0 Å². The minimum Gasteiger partial charge on any atom is -0.369 e. The lowest BCUT2D eigenvalue weighted by atomic mass is 10.2. The van der Waals surface area contributed by atoms with Crippen LogP contribution in [0, 0.1) is 17.5 Å². The van der Waals surface area contributed by atoms with Crippen LogP contribution in [0.25, 0.3) is 0 Å². The Labute approximate surface area is 83.1 Å². The number of guanidine groups is 1. The van der Waals surface area contributed by atoms with Crippen LogP contribution in [0.15, 0.2) is 22.3 Å². The Kier molecular flexibility index (Phi) is 3.27. The molecule has 0 unspecified atom stereocenters. The summed E-state index contributed by atoms with van der Waals surface area (Å²) in [5, 5.41) is 6.51. The molecule has 4 N–H and O–H groups in total. The van der Waals surface area contributed by atoms with Gasteiger partial charge >= 0.3 is 0 Å². The van der Waals surface area contributed by atoms with Gasteiger partial charge in [0.1, 0.15) is 0 Å². The van der Waals surface area contributed by atoms with Gasteiger partial charge in [-0.1, -0.05) is 0 Å². The molecular formula is C8H7F3N4. The predicted molar refractivity (Wildman–Crippen MR) is 49.7 cm³/mol. The maximum atomic E-state index is 12.7. The van der Waals surface area contributed by atoms with Crippen LogP contribution in [0.5, 0.6) is 0 Å². The van der Waals surface area contributed by atoms with Crippen LogP contribution in [0.4, 0.5) is 13.2 Å². The van der Waals surface area contributed by atoms with E-state index in [1.54, 1.807) is 0 Å². The Morgan fingerprint density at radius 2 is 1.67 bits per heavy atom. The Balaban J connectivity index is 2.98. The van der Waals surface area contributed by atoms with E-state index in [0.29, 0.717) is 0 Å². The van der Waals surface area contributed by atoms with E-state index >= 15 is 0 Å². The van der Waals surface area contributed by atoms with Gasteiger partial charge < -0.3 is 11.5 Å². The fraction of sp³-hybridized carbons (Fsp3) is 0. The summed E-state index contributed by atoms with van der Waals surface area (Å²) in [5.41, 5.74) is 9.90. The van der Waals surface area contributed by atoms with Gasteiger partial charge in [0.15, 0.2) is 17.5 Å². The second kappa shape index (κ2) is 4.45. The van der Waals surface area contributed by atoms with Gasteiger partial charge in [-0.3, -0.25) is 0 Å². The normalized spacial score (nSPS) is 10.6. The highest BCUT2D eigenvalue weighted by molar-refractivity contribution is 5.81. The second-order valence-corrected chi connectivity index (χ2v) is 2.57. The molecule has 80 valence electrons.